The van der Waals surface area contributed by atoms with Crippen LogP contribution >= 0.6 is 11.3 Å². The summed E-state index contributed by atoms with van der Waals surface area (Å²) in [6, 6.07) is 6.05. The number of aromatic nitrogens is 2. The minimum Gasteiger partial charge on any atom is -0.353 e. The number of rotatable bonds is 3. The molecule has 3 heterocycles. The molecule has 1 aliphatic heterocycles. The summed E-state index contributed by atoms with van der Waals surface area (Å²) < 4.78 is 0. The Bertz CT molecular complexity index is 546. The summed E-state index contributed by atoms with van der Waals surface area (Å²) in [6.07, 6.45) is 1.84. The monoisotopic (exact) mass is 289 g/mol. The molecule has 0 amide bonds. The van der Waals surface area contributed by atoms with Crippen molar-refractivity contribution < 1.29 is 0 Å². The highest BCUT2D eigenvalue weighted by atomic mass is 32.1. The number of pyridine rings is 1. The summed E-state index contributed by atoms with van der Waals surface area (Å²) in [5.41, 5.74) is 6.85. The van der Waals surface area contributed by atoms with Crippen LogP contribution in [0.3, 0.4) is 0 Å². The van der Waals surface area contributed by atoms with Gasteiger partial charge in [0.25, 0.3) is 0 Å². The van der Waals surface area contributed by atoms with Crippen molar-refractivity contribution in [1.82, 2.24) is 9.97 Å². The van der Waals surface area contributed by atoms with Gasteiger partial charge in [-0.15, -0.1) is 11.3 Å². The number of hydrogen-bond acceptors (Lipinski definition) is 6. The third kappa shape index (κ3) is 2.76. The zero-order valence-electron chi connectivity index (χ0n) is 11.6. The van der Waals surface area contributed by atoms with E-state index < -0.39 is 0 Å². The normalized spacial score (nSPS) is 17.3. The Hall–Kier alpha value is -1.66. The molecule has 0 aromatic carbocycles. The summed E-state index contributed by atoms with van der Waals surface area (Å²) in [5, 5.41) is 3.14. The predicted molar refractivity (Wildman–Crippen MR) is 83.4 cm³/mol. The van der Waals surface area contributed by atoms with E-state index in [1.807, 2.05) is 25.3 Å². The Labute approximate surface area is 123 Å². The van der Waals surface area contributed by atoms with E-state index in [2.05, 4.69) is 31.2 Å². The average molecular weight is 289 g/mol. The first-order chi connectivity index (χ1) is 9.74. The number of nitrogens with zero attached hydrogens (tertiary/aromatic N) is 4. The van der Waals surface area contributed by atoms with Gasteiger partial charge in [-0.2, -0.15) is 0 Å². The lowest BCUT2D eigenvalue weighted by molar-refractivity contribution is 0.644. The van der Waals surface area contributed by atoms with Gasteiger partial charge in [-0.25, -0.2) is 9.97 Å². The summed E-state index contributed by atoms with van der Waals surface area (Å²) in [6.45, 7) is 5.87. The van der Waals surface area contributed by atoms with E-state index in [1.54, 1.807) is 11.3 Å². The van der Waals surface area contributed by atoms with Gasteiger partial charge in [0.2, 0.25) is 0 Å². The van der Waals surface area contributed by atoms with Crippen LogP contribution in [0.4, 0.5) is 10.9 Å². The van der Waals surface area contributed by atoms with Crippen molar-refractivity contribution >= 4 is 22.3 Å². The number of nitrogens with two attached hydrogens (primary N) is 1. The molecule has 0 bridgehead atoms. The number of piperazine rings is 1. The van der Waals surface area contributed by atoms with Gasteiger partial charge >= 0.3 is 0 Å². The van der Waals surface area contributed by atoms with Gasteiger partial charge in [0, 0.05) is 43.8 Å². The maximum absolute atomic E-state index is 5.86. The quantitative estimate of drug-likeness (QED) is 0.935. The maximum atomic E-state index is 5.86. The Kier molecular flexibility index (Phi) is 3.84. The summed E-state index contributed by atoms with van der Waals surface area (Å²) in [7, 11) is 0. The number of hydrogen-bond donors (Lipinski definition) is 1. The second-order valence-corrected chi connectivity index (χ2v) is 5.84. The van der Waals surface area contributed by atoms with Crippen LogP contribution in [0.5, 0.6) is 0 Å². The fourth-order valence-corrected chi connectivity index (χ4v) is 3.28. The fraction of sp³-hybridized carbons (Fsp3) is 0.429. The molecule has 0 spiro atoms. The third-order valence-electron chi connectivity index (χ3n) is 3.50. The lowest BCUT2D eigenvalue weighted by atomic mass is 10.3. The molecule has 1 atom stereocenters. The van der Waals surface area contributed by atoms with E-state index >= 15 is 0 Å². The fourth-order valence-electron chi connectivity index (χ4n) is 2.30. The standard InChI is InChI=1S/C14H19N5S/c1-11(15)12-10-20-14(17-12)19-8-6-18(7-9-19)13-4-2-3-5-16-13/h2-5,10-11H,6-9,15H2,1H3. The average Bonchev–Trinajstić information content (AvgIpc) is 2.98. The van der Waals surface area contributed by atoms with E-state index in [9.17, 15) is 0 Å². The van der Waals surface area contributed by atoms with Crippen LogP contribution in [0, 0.1) is 0 Å². The summed E-state index contributed by atoms with van der Waals surface area (Å²) in [4.78, 5) is 13.7. The van der Waals surface area contributed by atoms with Crippen molar-refractivity contribution in [2.24, 2.45) is 5.73 Å². The summed E-state index contributed by atoms with van der Waals surface area (Å²) in [5.74, 6) is 1.06. The third-order valence-corrected chi connectivity index (χ3v) is 4.42. The molecule has 3 rings (SSSR count). The summed E-state index contributed by atoms with van der Waals surface area (Å²) >= 11 is 1.68. The molecule has 1 saturated heterocycles. The van der Waals surface area contributed by atoms with E-state index in [0.29, 0.717) is 0 Å². The van der Waals surface area contributed by atoms with Crippen LogP contribution in [-0.4, -0.2) is 36.1 Å². The first kappa shape index (κ1) is 13.3. The molecule has 106 valence electrons. The molecule has 2 aromatic heterocycles. The van der Waals surface area contributed by atoms with Crippen LogP contribution in [0.2, 0.25) is 0 Å². The second-order valence-electron chi connectivity index (χ2n) is 5.01. The van der Waals surface area contributed by atoms with E-state index in [0.717, 1.165) is 42.8 Å². The lowest BCUT2D eigenvalue weighted by Gasteiger charge is -2.35. The van der Waals surface area contributed by atoms with Gasteiger partial charge in [0.1, 0.15) is 5.82 Å². The Morgan fingerprint density at radius 3 is 2.55 bits per heavy atom. The van der Waals surface area contributed by atoms with E-state index in [4.69, 9.17) is 5.73 Å². The highest BCUT2D eigenvalue weighted by Crippen LogP contribution is 2.25. The van der Waals surface area contributed by atoms with Crippen LogP contribution in [0.15, 0.2) is 29.8 Å². The van der Waals surface area contributed by atoms with E-state index in [-0.39, 0.29) is 6.04 Å². The Balaban J connectivity index is 1.63. The first-order valence-electron chi connectivity index (χ1n) is 6.86. The highest BCUT2D eigenvalue weighted by Gasteiger charge is 2.20. The lowest BCUT2D eigenvalue weighted by Crippen LogP contribution is -2.46. The van der Waals surface area contributed by atoms with Gasteiger partial charge in [0.05, 0.1) is 5.69 Å². The van der Waals surface area contributed by atoms with Crippen molar-refractivity contribution in [1.29, 1.82) is 0 Å². The zero-order chi connectivity index (χ0) is 13.9. The number of thiazole rings is 1. The van der Waals surface area contributed by atoms with Crippen molar-refractivity contribution in [2.75, 3.05) is 36.0 Å². The van der Waals surface area contributed by atoms with Gasteiger partial charge in [0.15, 0.2) is 5.13 Å². The van der Waals surface area contributed by atoms with Crippen molar-refractivity contribution in [3.63, 3.8) is 0 Å². The molecule has 2 aromatic rings. The van der Waals surface area contributed by atoms with Crippen LogP contribution in [0.1, 0.15) is 18.7 Å². The zero-order valence-corrected chi connectivity index (χ0v) is 12.4. The molecule has 1 fully saturated rings. The number of anilines is 2. The molecular weight excluding hydrogens is 270 g/mol. The first-order valence-corrected chi connectivity index (χ1v) is 7.74. The molecule has 2 N–H and O–H groups in total. The molecule has 0 aliphatic carbocycles. The van der Waals surface area contributed by atoms with Crippen molar-refractivity contribution in [3.05, 3.63) is 35.5 Å². The largest absolute Gasteiger partial charge is 0.353 e. The smallest absolute Gasteiger partial charge is 0.185 e. The van der Waals surface area contributed by atoms with Gasteiger partial charge in [-0.05, 0) is 19.1 Å². The van der Waals surface area contributed by atoms with Crippen molar-refractivity contribution in [2.45, 2.75) is 13.0 Å². The maximum Gasteiger partial charge on any atom is 0.185 e. The Morgan fingerprint density at radius 2 is 1.95 bits per heavy atom. The Morgan fingerprint density at radius 1 is 1.20 bits per heavy atom. The highest BCUT2D eigenvalue weighted by molar-refractivity contribution is 7.13. The van der Waals surface area contributed by atoms with E-state index in [1.165, 1.54) is 0 Å². The minimum absolute atomic E-state index is 0.00908. The molecular formula is C14H19N5S. The van der Waals surface area contributed by atoms with Gasteiger partial charge in [-0.1, -0.05) is 6.07 Å². The molecule has 0 saturated carbocycles. The molecule has 0 radical (unpaired) electrons. The van der Waals surface area contributed by atoms with Gasteiger partial charge < -0.3 is 15.5 Å². The van der Waals surface area contributed by atoms with Crippen LogP contribution in [0.25, 0.3) is 0 Å². The van der Waals surface area contributed by atoms with Gasteiger partial charge in [-0.3, -0.25) is 0 Å². The van der Waals surface area contributed by atoms with Crippen LogP contribution < -0.4 is 15.5 Å². The molecule has 6 heteroatoms. The predicted octanol–water partition coefficient (Wildman–Crippen LogP) is 1.88. The molecule has 20 heavy (non-hydrogen) atoms. The SMILES string of the molecule is CC(N)c1csc(N2CCN(c3ccccn3)CC2)n1. The van der Waals surface area contributed by atoms with Crippen LogP contribution in [-0.2, 0) is 0 Å². The second kappa shape index (κ2) is 5.76. The topological polar surface area (TPSA) is 58.3 Å². The minimum atomic E-state index is 0.00908. The molecule has 1 aliphatic rings. The molecule has 1 unspecified atom stereocenters. The molecule has 5 nitrogen and oxygen atoms in total. The van der Waals surface area contributed by atoms with Crippen molar-refractivity contribution in [3.8, 4) is 0 Å².